The van der Waals surface area contributed by atoms with Gasteiger partial charge in [0.05, 0.1) is 5.38 Å². The number of hydrogen-bond acceptors (Lipinski definition) is 0. The van der Waals surface area contributed by atoms with Gasteiger partial charge in [0, 0.05) is 4.47 Å². The van der Waals surface area contributed by atoms with E-state index in [0.29, 0.717) is 0 Å². The molecule has 2 heteroatoms. The molecule has 76 valence electrons. The Morgan fingerprint density at radius 2 is 1.47 bits per heavy atom. The largest absolute Gasteiger partial charge is 0.113 e. The summed E-state index contributed by atoms with van der Waals surface area (Å²) in [6, 6.07) is 18.1. The van der Waals surface area contributed by atoms with Crippen LogP contribution >= 0.6 is 27.5 Å². The summed E-state index contributed by atoms with van der Waals surface area (Å²) in [7, 11) is 0. The average Bonchev–Trinajstić information content (AvgIpc) is 2.30. The Hall–Kier alpha value is -0.790. The lowest BCUT2D eigenvalue weighted by Gasteiger charge is -2.11. The lowest BCUT2D eigenvalue weighted by molar-refractivity contribution is 1.13. The van der Waals surface area contributed by atoms with Crippen molar-refractivity contribution in [1.82, 2.24) is 0 Å². The first-order valence-electron chi connectivity index (χ1n) is 4.72. The summed E-state index contributed by atoms with van der Waals surface area (Å²) >= 11 is 9.92. The summed E-state index contributed by atoms with van der Waals surface area (Å²) in [4.78, 5) is 0. The normalized spacial score (nSPS) is 12.4. The minimum atomic E-state index is -0.0956. The summed E-state index contributed by atoms with van der Waals surface area (Å²) in [5, 5.41) is -0.0956. The molecule has 0 N–H and O–H groups in total. The third-order valence-corrected chi connectivity index (χ3v) is 3.48. The van der Waals surface area contributed by atoms with Crippen LogP contribution in [0.5, 0.6) is 0 Å². The molecule has 2 aromatic rings. The van der Waals surface area contributed by atoms with E-state index in [4.69, 9.17) is 11.6 Å². The topological polar surface area (TPSA) is 0 Å². The van der Waals surface area contributed by atoms with Crippen molar-refractivity contribution >= 4 is 27.5 Å². The van der Waals surface area contributed by atoms with Crippen molar-refractivity contribution in [1.29, 1.82) is 0 Å². The molecule has 0 amide bonds. The number of hydrogen-bond donors (Lipinski definition) is 0. The van der Waals surface area contributed by atoms with Crippen LogP contribution in [0, 0.1) is 0 Å². The van der Waals surface area contributed by atoms with Gasteiger partial charge in [-0.25, -0.2) is 0 Å². The molecule has 0 nitrogen and oxygen atoms in total. The summed E-state index contributed by atoms with van der Waals surface area (Å²) in [6.45, 7) is 0. The van der Waals surface area contributed by atoms with Crippen molar-refractivity contribution in [2.45, 2.75) is 5.38 Å². The third-order valence-electron chi connectivity index (χ3n) is 2.27. The summed E-state index contributed by atoms with van der Waals surface area (Å²) < 4.78 is 1.05. The van der Waals surface area contributed by atoms with Gasteiger partial charge >= 0.3 is 0 Å². The maximum Gasteiger partial charge on any atom is 0.0846 e. The SMILES string of the molecule is Cl[C@@H](c1ccccc1)c1ccccc1Br. The first kappa shape index (κ1) is 10.7. The zero-order valence-corrected chi connectivity index (χ0v) is 10.4. The predicted molar refractivity (Wildman–Crippen MR) is 68.3 cm³/mol. The maximum absolute atomic E-state index is 6.41. The van der Waals surface area contributed by atoms with Gasteiger partial charge in [0.15, 0.2) is 0 Å². The van der Waals surface area contributed by atoms with Gasteiger partial charge in [-0.15, -0.1) is 11.6 Å². The molecule has 0 aliphatic heterocycles. The van der Waals surface area contributed by atoms with Crippen LogP contribution in [0.2, 0.25) is 0 Å². The Labute approximate surface area is 103 Å². The van der Waals surface area contributed by atoms with E-state index in [1.807, 2.05) is 54.6 Å². The van der Waals surface area contributed by atoms with Crippen molar-refractivity contribution in [2.75, 3.05) is 0 Å². The van der Waals surface area contributed by atoms with Crippen molar-refractivity contribution in [3.63, 3.8) is 0 Å². The second kappa shape index (κ2) is 4.82. The van der Waals surface area contributed by atoms with E-state index in [9.17, 15) is 0 Å². The van der Waals surface area contributed by atoms with Crippen molar-refractivity contribution < 1.29 is 0 Å². The Kier molecular flexibility index (Phi) is 3.45. The highest BCUT2D eigenvalue weighted by Crippen LogP contribution is 2.33. The number of halogens is 2. The molecule has 2 aromatic carbocycles. The van der Waals surface area contributed by atoms with Gasteiger partial charge in [0.2, 0.25) is 0 Å². The first-order valence-corrected chi connectivity index (χ1v) is 5.95. The van der Waals surface area contributed by atoms with Crippen LogP contribution in [-0.2, 0) is 0 Å². The molecule has 0 aliphatic carbocycles. The van der Waals surface area contributed by atoms with Crippen LogP contribution in [-0.4, -0.2) is 0 Å². The summed E-state index contributed by atoms with van der Waals surface area (Å²) in [5.41, 5.74) is 2.22. The Morgan fingerprint density at radius 3 is 2.13 bits per heavy atom. The van der Waals surface area contributed by atoms with Gasteiger partial charge in [-0.05, 0) is 17.2 Å². The summed E-state index contributed by atoms with van der Waals surface area (Å²) in [6.07, 6.45) is 0. The minimum Gasteiger partial charge on any atom is -0.113 e. The van der Waals surface area contributed by atoms with Crippen molar-refractivity contribution in [2.24, 2.45) is 0 Å². The van der Waals surface area contributed by atoms with E-state index in [1.54, 1.807) is 0 Å². The lowest BCUT2D eigenvalue weighted by Crippen LogP contribution is -1.93. The van der Waals surface area contributed by atoms with Gasteiger partial charge in [0.25, 0.3) is 0 Å². The van der Waals surface area contributed by atoms with Crippen LogP contribution in [0.25, 0.3) is 0 Å². The highest BCUT2D eigenvalue weighted by Gasteiger charge is 2.12. The van der Waals surface area contributed by atoms with Crippen LogP contribution in [0.15, 0.2) is 59.1 Å². The van der Waals surface area contributed by atoms with E-state index in [2.05, 4.69) is 15.9 Å². The first-order chi connectivity index (χ1) is 7.29. The standard InChI is InChI=1S/C13H10BrCl/c14-12-9-5-4-8-11(12)13(15)10-6-2-1-3-7-10/h1-9,13H/t13-/m0/s1. The second-order valence-electron chi connectivity index (χ2n) is 3.29. The maximum atomic E-state index is 6.41. The van der Waals surface area contributed by atoms with Gasteiger partial charge < -0.3 is 0 Å². The van der Waals surface area contributed by atoms with Gasteiger partial charge in [-0.3, -0.25) is 0 Å². The molecule has 0 unspecified atom stereocenters. The van der Waals surface area contributed by atoms with E-state index in [-0.39, 0.29) is 5.38 Å². The zero-order valence-electron chi connectivity index (χ0n) is 8.03. The molecular weight excluding hydrogens is 271 g/mol. The van der Waals surface area contributed by atoms with Crippen molar-refractivity contribution in [3.05, 3.63) is 70.2 Å². The predicted octanol–water partition coefficient (Wildman–Crippen LogP) is 4.78. The average molecular weight is 282 g/mol. The molecular formula is C13H10BrCl. The fraction of sp³-hybridized carbons (Fsp3) is 0.0769. The summed E-state index contributed by atoms with van der Waals surface area (Å²) in [5.74, 6) is 0. The molecule has 0 saturated heterocycles. The van der Waals surface area contributed by atoms with Crippen LogP contribution in [0.3, 0.4) is 0 Å². The van der Waals surface area contributed by atoms with E-state index in [0.717, 1.165) is 15.6 Å². The smallest absolute Gasteiger partial charge is 0.0846 e. The Morgan fingerprint density at radius 1 is 0.867 bits per heavy atom. The monoisotopic (exact) mass is 280 g/mol. The highest BCUT2D eigenvalue weighted by atomic mass is 79.9. The fourth-order valence-electron chi connectivity index (χ4n) is 1.48. The molecule has 0 aromatic heterocycles. The number of alkyl halides is 1. The molecule has 0 aliphatic rings. The van der Waals surface area contributed by atoms with Crippen LogP contribution in [0.4, 0.5) is 0 Å². The molecule has 2 rings (SSSR count). The molecule has 0 fully saturated rings. The number of benzene rings is 2. The van der Waals surface area contributed by atoms with Crippen LogP contribution in [0.1, 0.15) is 16.5 Å². The van der Waals surface area contributed by atoms with Gasteiger partial charge in [-0.2, -0.15) is 0 Å². The number of rotatable bonds is 2. The zero-order chi connectivity index (χ0) is 10.7. The Balaban J connectivity index is 2.37. The molecule has 0 saturated carbocycles. The molecule has 1 atom stereocenters. The molecule has 0 heterocycles. The lowest BCUT2D eigenvalue weighted by atomic mass is 10.0. The minimum absolute atomic E-state index is 0.0956. The second-order valence-corrected chi connectivity index (χ2v) is 4.59. The Bertz CT molecular complexity index is 439. The van der Waals surface area contributed by atoms with Crippen molar-refractivity contribution in [3.8, 4) is 0 Å². The van der Waals surface area contributed by atoms with E-state index >= 15 is 0 Å². The highest BCUT2D eigenvalue weighted by molar-refractivity contribution is 9.10. The molecule has 0 spiro atoms. The van der Waals surface area contributed by atoms with E-state index < -0.39 is 0 Å². The van der Waals surface area contributed by atoms with Gasteiger partial charge in [-0.1, -0.05) is 64.5 Å². The molecule has 0 bridgehead atoms. The quantitative estimate of drug-likeness (QED) is 0.695. The van der Waals surface area contributed by atoms with E-state index in [1.165, 1.54) is 0 Å². The van der Waals surface area contributed by atoms with Crippen LogP contribution < -0.4 is 0 Å². The fourth-order valence-corrected chi connectivity index (χ4v) is 2.46. The third kappa shape index (κ3) is 2.42. The molecule has 15 heavy (non-hydrogen) atoms. The molecule has 0 radical (unpaired) electrons. The van der Waals surface area contributed by atoms with Gasteiger partial charge in [0.1, 0.15) is 0 Å².